The van der Waals surface area contributed by atoms with Crippen molar-refractivity contribution < 1.29 is 22.7 Å². The van der Waals surface area contributed by atoms with Crippen LogP contribution in [0.3, 0.4) is 0 Å². The molecule has 3 rings (SSSR count). The molecular formula is C18H25N3O5S. The number of aryl methyl sites for hydroxylation is 1. The fourth-order valence-electron chi connectivity index (χ4n) is 3.77. The van der Waals surface area contributed by atoms with Crippen LogP contribution in [0.15, 0.2) is 18.2 Å². The number of anilines is 1. The van der Waals surface area contributed by atoms with E-state index in [1.807, 2.05) is 19.1 Å². The summed E-state index contributed by atoms with van der Waals surface area (Å²) in [7, 11) is -1.68. The molecule has 0 spiro atoms. The van der Waals surface area contributed by atoms with Crippen LogP contribution in [-0.2, 0) is 14.6 Å². The molecule has 0 aromatic heterocycles. The minimum atomic E-state index is -3.23. The van der Waals surface area contributed by atoms with Crippen LogP contribution in [0.4, 0.5) is 10.5 Å². The summed E-state index contributed by atoms with van der Waals surface area (Å²) in [6, 6.07) is 4.53. The summed E-state index contributed by atoms with van der Waals surface area (Å²) < 4.78 is 29.8. The highest BCUT2D eigenvalue weighted by Crippen LogP contribution is 2.29. The molecule has 0 saturated carbocycles. The summed E-state index contributed by atoms with van der Waals surface area (Å²) in [5.41, 5.74) is 1.64. The van der Waals surface area contributed by atoms with Gasteiger partial charge in [-0.1, -0.05) is 12.5 Å². The largest absolute Gasteiger partial charge is 0.495 e. The fourth-order valence-corrected chi connectivity index (χ4v) is 6.04. The van der Waals surface area contributed by atoms with Gasteiger partial charge in [0.15, 0.2) is 9.84 Å². The minimum absolute atomic E-state index is 0.0191. The molecule has 3 unspecified atom stereocenters. The molecule has 2 heterocycles. The highest BCUT2D eigenvalue weighted by atomic mass is 32.2. The number of methoxy groups -OCH3 is 1. The van der Waals surface area contributed by atoms with Crippen molar-refractivity contribution in [2.24, 2.45) is 0 Å². The number of sulfone groups is 1. The first-order valence-electron chi connectivity index (χ1n) is 9.03. The van der Waals surface area contributed by atoms with Gasteiger partial charge in [-0.05, 0) is 37.5 Å². The van der Waals surface area contributed by atoms with E-state index in [1.54, 1.807) is 13.2 Å². The predicted octanol–water partition coefficient (Wildman–Crippen LogP) is 1.35. The Morgan fingerprint density at radius 1 is 1.30 bits per heavy atom. The van der Waals surface area contributed by atoms with Crippen molar-refractivity contribution in [3.8, 4) is 5.75 Å². The lowest BCUT2D eigenvalue weighted by atomic mass is 10.0. The van der Waals surface area contributed by atoms with Gasteiger partial charge in [-0.15, -0.1) is 0 Å². The number of hydrogen-bond acceptors (Lipinski definition) is 5. The van der Waals surface area contributed by atoms with Gasteiger partial charge in [0.2, 0.25) is 5.91 Å². The number of carbonyl (C=O) groups is 2. The van der Waals surface area contributed by atoms with E-state index in [9.17, 15) is 18.0 Å². The predicted molar refractivity (Wildman–Crippen MR) is 102 cm³/mol. The second-order valence-corrected chi connectivity index (χ2v) is 9.38. The third-order valence-electron chi connectivity index (χ3n) is 5.09. The lowest BCUT2D eigenvalue weighted by Gasteiger charge is -2.16. The zero-order valence-electron chi connectivity index (χ0n) is 15.4. The van der Waals surface area contributed by atoms with E-state index < -0.39 is 15.1 Å². The van der Waals surface area contributed by atoms with Crippen molar-refractivity contribution in [3.63, 3.8) is 0 Å². The number of hydrogen-bond donors (Lipinski definition) is 3. The average molecular weight is 395 g/mol. The van der Waals surface area contributed by atoms with Crippen LogP contribution in [0.25, 0.3) is 0 Å². The maximum absolute atomic E-state index is 12.3. The molecule has 0 bridgehead atoms. The van der Waals surface area contributed by atoms with E-state index in [1.165, 1.54) is 0 Å². The van der Waals surface area contributed by atoms with Crippen molar-refractivity contribution in [1.29, 1.82) is 0 Å². The quantitative estimate of drug-likeness (QED) is 0.476. The van der Waals surface area contributed by atoms with Crippen LogP contribution in [0.2, 0.25) is 0 Å². The minimum Gasteiger partial charge on any atom is -0.495 e. The molecular weight excluding hydrogens is 370 g/mol. The molecule has 9 heteroatoms. The van der Waals surface area contributed by atoms with E-state index >= 15 is 0 Å². The number of ether oxygens (including phenoxy) is 1. The van der Waals surface area contributed by atoms with Gasteiger partial charge < -0.3 is 20.7 Å². The van der Waals surface area contributed by atoms with Crippen molar-refractivity contribution in [3.05, 3.63) is 23.8 Å². The van der Waals surface area contributed by atoms with Crippen LogP contribution >= 0.6 is 0 Å². The van der Waals surface area contributed by atoms with Gasteiger partial charge in [-0.2, -0.15) is 0 Å². The van der Waals surface area contributed by atoms with Gasteiger partial charge in [-0.25, -0.2) is 13.2 Å². The van der Waals surface area contributed by atoms with Crippen LogP contribution in [0.1, 0.15) is 31.2 Å². The Bertz CT molecular complexity index is 839. The fraction of sp³-hybridized carbons (Fsp3) is 0.556. The number of fused-ring (bicyclic) bond motifs is 1. The lowest BCUT2D eigenvalue weighted by Crippen LogP contribution is -2.39. The Balaban J connectivity index is 1.48. The lowest BCUT2D eigenvalue weighted by molar-refractivity contribution is -0.116. The number of amides is 3. The van der Waals surface area contributed by atoms with E-state index in [2.05, 4.69) is 16.0 Å². The molecule has 3 amide bonds. The summed E-state index contributed by atoms with van der Waals surface area (Å²) in [4.78, 5) is 23.6. The molecule has 3 atom stereocenters. The molecule has 2 aliphatic rings. The van der Waals surface area contributed by atoms with Crippen LogP contribution in [0.5, 0.6) is 5.75 Å². The average Bonchev–Trinajstić information content (AvgIpc) is 3.03. The Morgan fingerprint density at radius 2 is 2.07 bits per heavy atom. The molecule has 2 aliphatic heterocycles. The number of urea groups is 1. The summed E-state index contributed by atoms with van der Waals surface area (Å²) in [5.74, 6) is 0.442. The summed E-state index contributed by atoms with van der Waals surface area (Å²) >= 11 is 0. The molecule has 1 aromatic carbocycles. The number of unbranched alkanes of at least 4 members (excludes halogenated alkanes) is 1. The van der Waals surface area contributed by atoms with Crippen LogP contribution in [-0.4, -0.2) is 50.6 Å². The van der Waals surface area contributed by atoms with Gasteiger partial charge in [0.05, 0.1) is 35.9 Å². The maximum Gasteiger partial charge on any atom is 0.315 e. The Kier molecular flexibility index (Phi) is 5.59. The van der Waals surface area contributed by atoms with E-state index in [-0.39, 0.29) is 29.8 Å². The third-order valence-corrected chi connectivity index (χ3v) is 7.37. The van der Waals surface area contributed by atoms with Crippen molar-refractivity contribution >= 4 is 27.5 Å². The monoisotopic (exact) mass is 395 g/mol. The summed E-state index contributed by atoms with van der Waals surface area (Å²) in [6.45, 7) is 1.93. The van der Waals surface area contributed by atoms with Gasteiger partial charge in [-0.3, -0.25) is 4.79 Å². The molecule has 148 valence electrons. The molecule has 2 saturated heterocycles. The number of rotatable bonds is 7. The van der Waals surface area contributed by atoms with Crippen molar-refractivity contribution in [2.75, 3.05) is 18.2 Å². The zero-order valence-corrected chi connectivity index (χ0v) is 16.3. The van der Waals surface area contributed by atoms with Gasteiger partial charge in [0.25, 0.3) is 0 Å². The first-order chi connectivity index (χ1) is 12.8. The molecule has 8 nitrogen and oxygen atoms in total. The Labute approximate surface area is 159 Å². The molecule has 0 radical (unpaired) electrons. The molecule has 27 heavy (non-hydrogen) atoms. The van der Waals surface area contributed by atoms with Gasteiger partial charge in [0.1, 0.15) is 5.75 Å². The second kappa shape index (κ2) is 7.75. The van der Waals surface area contributed by atoms with E-state index in [4.69, 9.17) is 4.74 Å². The van der Waals surface area contributed by atoms with Gasteiger partial charge in [0, 0.05) is 6.42 Å². The smallest absolute Gasteiger partial charge is 0.315 e. The molecule has 3 N–H and O–H groups in total. The molecule has 1 aromatic rings. The number of nitrogens with one attached hydrogen (secondary N) is 3. The SMILES string of the molecule is COc1ccc(C)cc1NC(=O)CCCCC1C2NC(=O)NC2CS1(=O)=O. The molecule has 2 fully saturated rings. The topological polar surface area (TPSA) is 114 Å². The molecule has 0 aliphatic carbocycles. The highest BCUT2D eigenvalue weighted by molar-refractivity contribution is 7.92. The number of benzene rings is 1. The first kappa shape index (κ1) is 19.5. The highest BCUT2D eigenvalue weighted by Gasteiger charge is 2.51. The van der Waals surface area contributed by atoms with E-state index in [0.717, 1.165) is 5.56 Å². The number of carbonyl (C=O) groups excluding carboxylic acids is 2. The van der Waals surface area contributed by atoms with Crippen molar-refractivity contribution in [1.82, 2.24) is 10.6 Å². The maximum atomic E-state index is 12.3. The Morgan fingerprint density at radius 3 is 2.81 bits per heavy atom. The summed E-state index contributed by atoms with van der Waals surface area (Å²) in [6.07, 6.45) is 1.90. The normalized spacial score (nSPS) is 25.4. The van der Waals surface area contributed by atoms with Crippen LogP contribution < -0.4 is 20.7 Å². The van der Waals surface area contributed by atoms with E-state index in [0.29, 0.717) is 37.1 Å². The summed E-state index contributed by atoms with van der Waals surface area (Å²) in [5, 5.41) is 7.61. The standard InChI is InChI=1S/C18H25N3O5S/c1-11-7-8-14(26-2)12(9-11)19-16(22)6-4-3-5-15-17-13(10-27(15,24)25)20-18(23)21-17/h7-9,13,15,17H,3-6,10H2,1-2H3,(H,19,22)(H2,20,21,23). The van der Waals surface area contributed by atoms with Gasteiger partial charge >= 0.3 is 6.03 Å². The second-order valence-electron chi connectivity index (χ2n) is 7.12. The zero-order chi connectivity index (χ0) is 19.6. The van der Waals surface area contributed by atoms with Crippen LogP contribution in [0, 0.1) is 6.92 Å². The Hall–Kier alpha value is -2.29. The first-order valence-corrected chi connectivity index (χ1v) is 10.7. The van der Waals surface area contributed by atoms with Crippen molar-refractivity contribution in [2.45, 2.75) is 49.9 Å². The third kappa shape index (κ3) is 4.35.